The second-order valence-electron chi connectivity index (χ2n) is 9.83. The zero-order valence-corrected chi connectivity index (χ0v) is 23.6. The number of aryl methyl sites for hydroxylation is 3. The summed E-state index contributed by atoms with van der Waals surface area (Å²) in [6, 6.07) is 4.42. The van der Waals surface area contributed by atoms with Gasteiger partial charge in [-0.25, -0.2) is 17.9 Å². The SMILES string of the molecule is CCn1nc(C2CC2)c(C(=O)c2ccc(S(C)(=O)=O)c(Cn3cc(C)cn3)c2Cl)c1OC(=O)c1ccn(C)c1. The molecule has 0 bridgehead atoms. The summed E-state index contributed by atoms with van der Waals surface area (Å²) in [5.74, 6) is -0.998. The lowest BCUT2D eigenvalue weighted by molar-refractivity contribution is 0.0716. The van der Waals surface area contributed by atoms with Gasteiger partial charge in [0.25, 0.3) is 0 Å². The van der Waals surface area contributed by atoms with Crippen molar-refractivity contribution in [2.75, 3.05) is 6.26 Å². The Morgan fingerprint density at radius 2 is 1.92 bits per heavy atom. The molecule has 0 N–H and O–H groups in total. The second kappa shape index (κ2) is 10.1. The molecule has 4 aromatic rings. The Morgan fingerprint density at radius 1 is 1.18 bits per heavy atom. The molecule has 12 heteroatoms. The number of ether oxygens (including phenoxy) is 1. The normalized spacial score (nSPS) is 13.6. The lowest BCUT2D eigenvalue weighted by atomic mass is 9.99. The summed E-state index contributed by atoms with van der Waals surface area (Å²) in [5, 5.41) is 8.88. The lowest BCUT2D eigenvalue weighted by Gasteiger charge is -2.15. The lowest BCUT2D eigenvalue weighted by Crippen LogP contribution is -2.16. The average Bonchev–Trinajstić information content (AvgIpc) is 3.32. The zero-order valence-electron chi connectivity index (χ0n) is 22.0. The van der Waals surface area contributed by atoms with Gasteiger partial charge in [-0.1, -0.05) is 11.6 Å². The number of ketones is 1. The van der Waals surface area contributed by atoms with Crippen LogP contribution in [0.1, 0.15) is 68.8 Å². The van der Waals surface area contributed by atoms with Gasteiger partial charge in [-0.05, 0) is 50.5 Å². The molecule has 0 amide bonds. The van der Waals surface area contributed by atoms with Crippen LogP contribution in [-0.2, 0) is 30.0 Å². The number of halogens is 1. The first-order chi connectivity index (χ1) is 18.5. The van der Waals surface area contributed by atoms with Crippen molar-refractivity contribution in [2.45, 2.75) is 50.6 Å². The molecule has 0 spiro atoms. The summed E-state index contributed by atoms with van der Waals surface area (Å²) in [5.41, 5.74) is 2.29. The standard InChI is InChI=1S/C27H28ClN5O5S/c1-5-33-26(38-27(35)18-10-11-31(3)14-18)22(24(30-33)17-6-7-17)25(34)19-8-9-21(39(4,36)37)20(23(19)28)15-32-13-16(2)12-29-32/h8-14,17H,5-7,15H2,1-4H3. The van der Waals surface area contributed by atoms with E-state index in [1.54, 1.807) is 47.2 Å². The van der Waals surface area contributed by atoms with Gasteiger partial charge in [0, 0.05) is 55.5 Å². The largest absolute Gasteiger partial charge is 0.403 e. The van der Waals surface area contributed by atoms with Gasteiger partial charge >= 0.3 is 5.97 Å². The van der Waals surface area contributed by atoms with Crippen LogP contribution in [-0.4, -0.2) is 50.6 Å². The molecular weight excluding hydrogens is 542 g/mol. The molecule has 0 radical (unpaired) electrons. The number of aromatic nitrogens is 5. The first-order valence-electron chi connectivity index (χ1n) is 12.5. The molecule has 3 aromatic heterocycles. The molecule has 0 unspecified atom stereocenters. The van der Waals surface area contributed by atoms with Gasteiger partial charge in [0.2, 0.25) is 11.7 Å². The molecule has 39 heavy (non-hydrogen) atoms. The summed E-state index contributed by atoms with van der Waals surface area (Å²) in [6.45, 7) is 4.13. The van der Waals surface area contributed by atoms with E-state index < -0.39 is 21.6 Å². The van der Waals surface area contributed by atoms with E-state index in [-0.39, 0.29) is 45.0 Å². The van der Waals surface area contributed by atoms with E-state index in [4.69, 9.17) is 16.3 Å². The topological polar surface area (TPSA) is 118 Å². The van der Waals surface area contributed by atoms with Crippen LogP contribution in [0.2, 0.25) is 5.02 Å². The molecule has 1 saturated carbocycles. The number of rotatable bonds is 9. The average molecular weight is 570 g/mol. The molecule has 3 heterocycles. The highest BCUT2D eigenvalue weighted by Gasteiger charge is 2.37. The zero-order chi connectivity index (χ0) is 28.1. The Bertz CT molecular complexity index is 1710. The van der Waals surface area contributed by atoms with Gasteiger partial charge in [0.1, 0.15) is 5.56 Å². The predicted molar refractivity (Wildman–Crippen MR) is 144 cm³/mol. The van der Waals surface area contributed by atoms with Gasteiger partial charge in [0.05, 0.1) is 33.9 Å². The van der Waals surface area contributed by atoms with Crippen LogP contribution in [0.25, 0.3) is 0 Å². The number of sulfone groups is 1. The number of hydrogen-bond donors (Lipinski definition) is 0. The van der Waals surface area contributed by atoms with Crippen LogP contribution in [0.5, 0.6) is 5.88 Å². The highest BCUT2D eigenvalue weighted by Crippen LogP contribution is 2.44. The van der Waals surface area contributed by atoms with E-state index in [2.05, 4.69) is 10.2 Å². The van der Waals surface area contributed by atoms with Gasteiger partial charge in [-0.2, -0.15) is 10.2 Å². The highest BCUT2D eigenvalue weighted by atomic mass is 35.5. The van der Waals surface area contributed by atoms with Crippen molar-refractivity contribution in [3.63, 3.8) is 0 Å². The molecule has 1 aromatic carbocycles. The van der Waals surface area contributed by atoms with Gasteiger partial charge in [-0.15, -0.1) is 0 Å². The minimum atomic E-state index is -3.67. The number of nitrogens with zero attached hydrogens (tertiary/aromatic N) is 5. The molecule has 1 fully saturated rings. The van der Waals surface area contributed by atoms with Crippen LogP contribution < -0.4 is 4.74 Å². The fraction of sp³-hybridized carbons (Fsp3) is 0.333. The molecule has 5 rings (SSSR count). The van der Waals surface area contributed by atoms with E-state index in [9.17, 15) is 18.0 Å². The first kappa shape index (κ1) is 26.9. The van der Waals surface area contributed by atoms with Crippen LogP contribution in [0.4, 0.5) is 0 Å². The Kier molecular flexibility index (Phi) is 6.98. The van der Waals surface area contributed by atoms with Crippen molar-refractivity contribution >= 4 is 33.2 Å². The van der Waals surface area contributed by atoms with Crippen molar-refractivity contribution in [2.24, 2.45) is 7.05 Å². The molecule has 0 aliphatic heterocycles. The van der Waals surface area contributed by atoms with Crippen molar-refractivity contribution in [3.05, 3.63) is 81.5 Å². The second-order valence-corrected chi connectivity index (χ2v) is 12.2. The molecule has 1 aliphatic rings. The fourth-order valence-electron chi connectivity index (χ4n) is 4.53. The predicted octanol–water partition coefficient (Wildman–Crippen LogP) is 4.18. The van der Waals surface area contributed by atoms with E-state index in [1.807, 2.05) is 13.8 Å². The van der Waals surface area contributed by atoms with Gasteiger partial charge in [-0.3, -0.25) is 9.48 Å². The third kappa shape index (κ3) is 5.28. The summed E-state index contributed by atoms with van der Waals surface area (Å²) >= 11 is 6.80. The Morgan fingerprint density at radius 3 is 2.49 bits per heavy atom. The van der Waals surface area contributed by atoms with Gasteiger partial charge in [0.15, 0.2) is 9.84 Å². The molecule has 0 saturated heterocycles. The van der Waals surface area contributed by atoms with E-state index in [1.165, 1.54) is 16.8 Å². The van der Waals surface area contributed by atoms with Gasteiger partial charge < -0.3 is 9.30 Å². The third-order valence-corrected chi connectivity index (χ3v) is 8.22. The molecule has 204 valence electrons. The summed E-state index contributed by atoms with van der Waals surface area (Å²) in [7, 11) is -1.88. The summed E-state index contributed by atoms with van der Waals surface area (Å²) < 4.78 is 35.8. The maximum Gasteiger partial charge on any atom is 0.346 e. The minimum absolute atomic E-state index is 0.00223. The van der Waals surface area contributed by atoms with E-state index in [0.29, 0.717) is 17.8 Å². The number of esters is 1. The molecular formula is C27H28ClN5O5S. The summed E-state index contributed by atoms with van der Waals surface area (Å²) in [4.78, 5) is 27.2. The number of hydrogen-bond acceptors (Lipinski definition) is 7. The van der Waals surface area contributed by atoms with Crippen LogP contribution in [0.3, 0.4) is 0 Å². The van der Waals surface area contributed by atoms with Crippen molar-refractivity contribution < 1.29 is 22.7 Å². The van der Waals surface area contributed by atoms with Crippen LogP contribution >= 0.6 is 11.6 Å². The Hall–Kier alpha value is -3.70. The maximum atomic E-state index is 14.2. The van der Waals surface area contributed by atoms with Crippen LogP contribution in [0, 0.1) is 6.92 Å². The van der Waals surface area contributed by atoms with Crippen molar-refractivity contribution in [1.29, 1.82) is 0 Å². The monoisotopic (exact) mass is 569 g/mol. The summed E-state index contributed by atoms with van der Waals surface area (Å²) in [6.07, 6.45) is 9.57. The van der Waals surface area contributed by atoms with Crippen molar-refractivity contribution in [3.8, 4) is 5.88 Å². The quantitative estimate of drug-likeness (QED) is 0.219. The smallest absolute Gasteiger partial charge is 0.346 e. The molecule has 0 atom stereocenters. The highest BCUT2D eigenvalue weighted by molar-refractivity contribution is 7.90. The Labute approximate surface area is 231 Å². The first-order valence-corrected chi connectivity index (χ1v) is 14.7. The fourth-order valence-corrected chi connectivity index (χ4v) is 5.83. The van der Waals surface area contributed by atoms with E-state index >= 15 is 0 Å². The minimum Gasteiger partial charge on any atom is -0.403 e. The van der Waals surface area contributed by atoms with Crippen LogP contribution in [0.15, 0.2) is 47.9 Å². The molecule has 10 nitrogen and oxygen atoms in total. The molecule has 1 aliphatic carbocycles. The third-order valence-electron chi connectivity index (χ3n) is 6.61. The number of carbonyl (C=O) groups is 2. The Balaban J connectivity index is 1.63. The number of benzene rings is 1. The number of carbonyl (C=O) groups excluding carboxylic acids is 2. The van der Waals surface area contributed by atoms with E-state index in [0.717, 1.165) is 24.7 Å². The van der Waals surface area contributed by atoms with Crippen molar-refractivity contribution in [1.82, 2.24) is 24.1 Å². The maximum absolute atomic E-state index is 14.2.